The van der Waals surface area contributed by atoms with Gasteiger partial charge in [-0.1, -0.05) is 18.9 Å². The number of aromatic nitrogens is 3. The molecule has 2 aromatic rings. The fourth-order valence-electron chi connectivity index (χ4n) is 3.10. The number of nitrogens with two attached hydrogens (primary N) is 1. The molecular weight excluding hydrogens is 326 g/mol. The zero-order valence-electron chi connectivity index (χ0n) is 15.0. The van der Waals surface area contributed by atoms with Crippen molar-refractivity contribution in [3.8, 4) is 6.07 Å². The number of Topliss-reactive ketones (excluding diaryl/α,β-unsaturated/α-hetero) is 1. The molecule has 0 bridgehead atoms. The van der Waals surface area contributed by atoms with Gasteiger partial charge in [-0.15, -0.1) is 0 Å². The van der Waals surface area contributed by atoms with Crippen LogP contribution in [0.5, 0.6) is 0 Å². The highest BCUT2D eigenvalue weighted by Crippen LogP contribution is 2.36. The van der Waals surface area contributed by atoms with Crippen molar-refractivity contribution in [3.63, 3.8) is 0 Å². The second kappa shape index (κ2) is 8.61. The van der Waals surface area contributed by atoms with E-state index < -0.39 is 0 Å². The summed E-state index contributed by atoms with van der Waals surface area (Å²) in [4.78, 5) is 14.9. The first-order chi connectivity index (χ1) is 12.7. The summed E-state index contributed by atoms with van der Waals surface area (Å²) in [5, 5.41) is 12.7. The van der Waals surface area contributed by atoms with Crippen molar-refractivity contribution in [1.29, 1.82) is 5.26 Å². The maximum absolute atomic E-state index is 10.8. The van der Waals surface area contributed by atoms with E-state index in [1.165, 1.54) is 25.7 Å². The first-order valence-electron chi connectivity index (χ1n) is 9.29. The monoisotopic (exact) mass is 351 g/mol. The van der Waals surface area contributed by atoms with Gasteiger partial charge in [-0.25, -0.2) is 4.68 Å². The van der Waals surface area contributed by atoms with Gasteiger partial charge >= 0.3 is 0 Å². The van der Waals surface area contributed by atoms with Crippen molar-refractivity contribution in [2.24, 2.45) is 5.92 Å². The molecule has 2 aromatic heterocycles. The van der Waals surface area contributed by atoms with E-state index >= 15 is 0 Å². The van der Waals surface area contributed by atoms with Gasteiger partial charge in [0.25, 0.3) is 0 Å². The standard InChI is InChI=1S/C13H16N4.C7H9NO/c14-13-7-12(11-4-1-5-11)16-17(13)9-10-3-2-6-15-8-10;8-5-4-7(9)6-2-1-3-6/h2-3,6-8,11H,1,4-5,9,14H2;6H,1-4H2. The van der Waals surface area contributed by atoms with Gasteiger partial charge in [0.05, 0.1) is 24.7 Å². The summed E-state index contributed by atoms with van der Waals surface area (Å²) in [5.74, 6) is 1.76. The van der Waals surface area contributed by atoms with Crippen molar-refractivity contribution in [2.45, 2.75) is 57.4 Å². The van der Waals surface area contributed by atoms with Crippen molar-refractivity contribution in [3.05, 3.63) is 41.9 Å². The van der Waals surface area contributed by atoms with Crippen LogP contribution in [0.4, 0.5) is 5.82 Å². The Labute approximate surface area is 154 Å². The van der Waals surface area contributed by atoms with E-state index in [2.05, 4.69) is 10.1 Å². The molecule has 2 aliphatic rings. The van der Waals surface area contributed by atoms with Crippen LogP contribution in [0.15, 0.2) is 30.6 Å². The third kappa shape index (κ3) is 4.48. The van der Waals surface area contributed by atoms with Crippen LogP contribution in [-0.4, -0.2) is 20.5 Å². The summed E-state index contributed by atoms with van der Waals surface area (Å²) < 4.78 is 1.87. The molecule has 0 aliphatic heterocycles. The second-order valence-electron chi connectivity index (χ2n) is 7.07. The van der Waals surface area contributed by atoms with Gasteiger partial charge in [-0.2, -0.15) is 10.4 Å². The Bertz CT molecular complexity index is 769. The van der Waals surface area contributed by atoms with Gasteiger partial charge in [0.2, 0.25) is 0 Å². The van der Waals surface area contributed by atoms with Crippen LogP contribution in [0.3, 0.4) is 0 Å². The Morgan fingerprint density at radius 2 is 2.08 bits per heavy atom. The van der Waals surface area contributed by atoms with Gasteiger partial charge in [0, 0.05) is 30.3 Å². The highest BCUT2D eigenvalue weighted by atomic mass is 16.1. The minimum atomic E-state index is 0.116. The van der Waals surface area contributed by atoms with Gasteiger partial charge in [0.1, 0.15) is 11.6 Å². The normalized spacial score (nSPS) is 16.6. The number of hydrogen-bond donors (Lipinski definition) is 1. The molecule has 0 saturated heterocycles. The fraction of sp³-hybridized carbons (Fsp3) is 0.500. The number of carbonyl (C=O) groups is 1. The molecule has 0 atom stereocenters. The van der Waals surface area contributed by atoms with Crippen LogP contribution < -0.4 is 5.73 Å². The van der Waals surface area contributed by atoms with Crippen LogP contribution in [0.2, 0.25) is 0 Å². The van der Waals surface area contributed by atoms with Crippen molar-refractivity contribution < 1.29 is 4.79 Å². The summed E-state index contributed by atoms with van der Waals surface area (Å²) >= 11 is 0. The predicted octanol–water partition coefficient (Wildman–Crippen LogP) is 3.45. The van der Waals surface area contributed by atoms with E-state index in [-0.39, 0.29) is 18.1 Å². The molecule has 0 unspecified atom stereocenters. The van der Waals surface area contributed by atoms with Crippen molar-refractivity contribution in [1.82, 2.24) is 14.8 Å². The Kier molecular flexibility index (Phi) is 6.00. The number of carbonyl (C=O) groups excluding carboxylic acids is 1. The average Bonchev–Trinajstić information content (AvgIpc) is 2.86. The SMILES string of the molecule is N#CCC(=O)C1CCC1.Nc1cc(C2CCC2)nn1Cc1cccnc1. The number of nitrogen functional groups attached to an aromatic ring is 1. The summed E-state index contributed by atoms with van der Waals surface area (Å²) in [6, 6.07) is 7.85. The van der Waals surface area contributed by atoms with Crippen molar-refractivity contribution >= 4 is 11.6 Å². The summed E-state index contributed by atoms with van der Waals surface area (Å²) in [7, 11) is 0. The molecule has 0 spiro atoms. The Morgan fingerprint density at radius 1 is 1.31 bits per heavy atom. The summed E-state index contributed by atoms with van der Waals surface area (Å²) in [6.07, 6.45) is 10.8. The third-order valence-electron chi connectivity index (χ3n) is 5.22. The minimum Gasteiger partial charge on any atom is -0.384 e. The molecular formula is C20H25N5O. The molecule has 2 heterocycles. The van der Waals surface area contributed by atoms with Crippen LogP contribution in [0.25, 0.3) is 0 Å². The lowest BCUT2D eigenvalue weighted by Crippen LogP contribution is -2.20. The number of hydrogen-bond acceptors (Lipinski definition) is 5. The Balaban J connectivity index is 0.000000185. The maximum Gasteiger partial charge on any atom is 0.149 e. The number of ketones is 1. The van der Waals surface area contributed by atoms with Gasteiger partial charge in [0.15, 0.2) is 0 Å². The van der Waals surface area contributed by atoms with Gasteiger partial charge < -0.3 is 5.73 Å². The van der Waals surface area contributed by atoms with Gasteiger partial charge in [-0.3, -0.25) is 9.78 Å². The van der Waals surface area contributed by atoms with Crippen LogP contribution in [-0.2, 0) is 11.3 Å². The minimum absolute atomic E-state index is 0.116. The smallest absolute Gasteiger partial charge is 0.149 e. The van der Waals surface area contributed by atoms with E-state index in [0.717, 1.165) is 29.9 Å². The molecule has 2 N–H and O–H groups in total. The largest absolute Gasteiger partial charge is 0.384 e. The topological polar surface area (TPSA) is 97.6 Å². The molecule has 4 rings (SSSR count). The average molecular weight is 351 g/mol. The molecule has 2 aliphatic carbocycles. The summed E-state index contributed by atoms with van der Waals surface area (Å²) in [6.45, 7) is 0.701. The molecule has 0 radical (unpaired) electrons. The molecule has 136 valence electrons. The van der Waals surface area contributed by atoms with E-state index in [0.29, 0.717) is 12.5 Å². The zero-order valence-corrected chi connectivity index (χ0v) is 15.0. The third-order valence-corrected chi connectivity index (χ3v) is 5.22. The van der Waals surface area contributed by atoms with E-state index in [1.54, 1.807) is 6.20 Å². The lowest BCUT2D eigenvalue weighted by atomic mass is 9.81. The highest BCUT2D eigenvalue weighted by molar-refractivity contribution is 5.83. The molecule has 2 fully saturated rings. The Morgan fingerprint density at radius 3 is 2.62 bits per heavy atom. The molecule has 0 amide bonds. The molecule has 2 saturated carbocycles. The molecule has 6 nitrogen and oxygen atoms in total. The van der Waals surface area contributed by atoms with Gasteiger partial charge in [-0.05, 0) is 37.3 Å². The number of rotatable bonds is 5. The predicted molar refractivity (Wildman–Crippen MR) is 99.1 cm³/mol. The van der Waals surface area contributed by atoms with E-state index in [9.17, 15) is 4.79 Å². The zero-order chi connectivity index (χ0) is 18.4. The molecule has 26 heavy (non-hydrogen) atoms. The van der Waals surface area contributed by atoms with E-state index in [1.807, 2.05) is 35.1 Å². The van der Waals surface area contributed by atoms with Crippen LogP contribution in [0, 0.1) is 17.2 Å². The molecule has 0 aromatic carbocycles. The Hall–Kier alpha value is -2.68. The molecule has 6 heteroatoms. The second-order valence-corrected chi connectivity index (χ2v) is 7.07. The lowest BCUT2D eigenvalue weighted by Gasteiger charge is -2.22. The fourth-order valence-corrected chi connectivity index (χ4v) is 3.10. The number of nitrogens with zero attached hydrogens (tertiary/aromatic N) is 4. The van der Waals surface area contributed by atoms with Crippen LogP contribution in [0.1, 0.15) is 62.1 Å². The van der Waals surface area contributed by atoms with E-state index in [4.69, 9.17) is 11.0 Å². The highest BCUT2D eigenvalue weighted by Gasteiger charge is 2.24. The number of pyridine rings is 1. The van der Waals surface area contributed by atoms with Crippen molar-refractivity contribution in [2.75, 3.05) is 5.73 Å². The number of nitriles is 1. The lowest BCUT2D eigenvalue weighted by molar-refractivity contribution is -0.124. The maximum atomic E-state index is 10.8. The number of anilines is 1. The quantitative estimate of drug-likeness (QED) is 0.890. The first-order valence-corrected chi connectivity index (χ1v) is 9.29. The first kappa shape index (κ1) is 18.1. The van der Waals surface area contributed by atoms with Crippen LogP contribution >= 0.6 is 0 Å². The summed E-state index contributed by atoms with van der Waals surface area (Å²) in [5.41, 5.74) is 8.26.